The van der Waals surface area contributed by atoms with E-state index >= 15 is 0 Å². The Hall–Kier alpha value is -0.540. The normalized spacial score (nSPS) is 22.8. The molecule has 1 saturated heterocycles. The molecule has 1 aliphatic rings. The lowest BCUT2D eigenvalue weighted by molar-refractivity contribution is -0.137. The number of rotatable bonds is 3. The first kappa shape index (κ1) is 13.9. The van der Waals surface area contributed by atoms with Crippen LogP contribution < -0.4 is 0 Å². The van der Waals surface area contributed by atoms with Gasteiger partial charge in [-0.15, -0.1) is 0 Å². The van der Waals surface area contributed by atoms with Crippen LogP contribution in [0.25, 0.3) is 6.08 Å². The minimum atomic E-state index is -0.466. The van der Waals surface area contributed by atoms with Gasteiger partial charge in [0.2, 0.25) is 0 Å². The highest BCUT2D eigenvalue weighted by Gasteiger charge is 2.31. The molecule has 0 amide bonds. The van der Waals surface area contributed by atoms with Crippen molar-refractivity contribution in [3.05, 3.63) is 39.9 Å². The van der Waals surface area contributed by atoms with Gasteiger partial charge in [-0.05, 0) is 44.0 Å². The second kappa shape index (κ2) is 5.62. The lowest BCUT2D eigenvalue weighted by atomic mass is 10.1. The van der Waals surface area contributed by atoms with E-state index in [0.29, 0.717) is 16.7 Å². The maximum absolute atomic E-state index is 6.07. The third-order valence-corrected chi connectivity index (χ3v) is 3.30. The van der Waals surface area contributed by atoms with Crippen LogP contribution in [0.3, 0.4) is 0 Å². The molecule has 1 unspecified atom stereocenters. The maximum atomic E-state index is 6.07. The summed E-state index contributed by atoms with van der Waals surface area (Å²) in [6.07, 6.45) is 4.90. The topological polar surface area (TPSA) is 18.5 Å². The second-order valence-electron chi connectivity index (χ2n) is 4.75. The molecule has 0 bridgehead atoms. The van der Waals surface area contributed by atoms with Gasteiger partial charge in [-0.25, -0.2) is 0 Å². The number of hydrogen-bond acceptors (Lipinski definition) is 2. The molecule has 1 aromatic carbocycles. The fourth-order valence-electron chi connectivity index (χ4n) is 1.87. The van der Waals surface area contributed by atoms with E-state index in [1.165, 1.54) is 0 Å². The van der Waals surface area contributed by atoms with Crippen LogP contribution in [0.4, 0.5) is 0 Å². The highest BCUT2D eigenvalue weighted by molar-refractivity contribution is 6.34. The Kier molecular flexibility index (Phi) is 4.33. The Bertz CT molecular complexity index is 455. The minimum absolute atomic E-state index is 0.106. The Balaban J connectivity index is 1.94. The van der Waals surface area contributed by atoms with Crippen LogP contribution in [-0.2, 0) is 9.47 Å². The lowest BCUT2D eigenvalue weighted by Crippen LogP contribution is -2.21. The fraction of sp³-hybridized carbons (Fsp3) is 0.429. The largest absolute Gasteiger partial charge is 0.348 e. The maximum Gasteiger partial charge on any atom is 0.163 e. The highest BCUT2D eigenvalue weighted by Crippen LogP contribution is 2.25. The molecule has 1 aliphatic heterocycles. The van der Waals surface area contributed by atoms with Gasteiger partial charge in [0, 0.05) is 10.0 Å². The number of hydrogen-bond donors (Lipinski definition) is 0. The summed E-state index contributed by atoms with van der Waals surface area (Å²) < 4.78 is 11.2. The molecule has 1 fully saturated rings. The molecule has 0 N–H and O–H groups in total. The first-order valence-electron chi connectivity index (χ1n) is 5.90. The van der Waals surface area contributed by atoms with Crippen LogP contribution in [0, 0.1) is 0 Å². The van der Waals surface area contributed by atoms with E-state index in [1.54, 1.807) is 12.1 Å². The molecule has 18 heavy (non-hydrogen) atoms. The Morgan fingerprint density at radius 3 is 2.83 bits per heavy atom. The molecule has 2 nitrogen and oxygen atoms in total. The van der Waals surface area contributed by atoms with Gasteiger partial charge in [-0.3, -0.25) is 0 Å². The zero-order valence-electron chi connectivity index (χ0n) is 10.5. The first-order chi connectivity index (χ1) is 8.46. The van der Waals surface area contributed by atoms with Crippen molar-refractivity contribution < 1.29 is 9.47 Å². The summed E-state index contributed by atoms with van der Waals surface area (Å²) in [5.41, 5.74) is 0.919. The molecule has 1 atom stereocenters. The van der Waals surface area contributed by atoms with Crippen LogP contribution >= 0.6 is 23.2 Å². The summed E-state index contributed by atoms with van der Waals surface area (Å²) in [5.74, 6) is -0.466. The average molecular weight is 287 g/mol. The molecule has 1 heterocycles. The average Bonchev–Trinajstić information content (AvgIpc) is 2.63. The van der Waals surface area contributed by atoms with Crippen molar-refractivity contribution in [2.75, 3.05) is 6.61 Å². The lowest BCUT2D eigenvalue weighted by Gasteiger charge is -2.16. The van der Waals surface area contributed by atoms with E-state index in [9.17, 15) is 0 Å². The molecule has 1 aromatic rings. The standard InChI is InChI=1S/C14H16Cl2O2/c1-14(2)17-9-12(18-14)5-3-4-10-8-11(15)6-7-13(10)16/h3-4,6-8,12H,5,9H2,1-2H3/b4-3+. The summed E-state index contributed by atoms with van der Waals surface area (Å²) in [6, 6.07) is 5.41. The summed E-state index contributed by atoms with van der Waals surface area (Å²) >= 11 is 12.0. The van der Waals surface area contributed by atoms with Crippen LogP contribution in [0.1, 0.15) is 25.8 Å². The SMILES string of the molecule is CC1(C)OCC(C/C=C/c2cc(Cl)ccc2Cl)O1. The monoisotopic (exact) mass is 286 g/mol. The first-order valence-corrected chi connectivity index (χ1v) is 6.65. The Morgan fingerprint density at radius 2 is 2.17 bits per heavy atom. The summed E-state index contributed by atoms with van der Waals surface area (Å²) in [7, 11) is 0. The summed E-state index contributed by atoms with van der Waals surface area (Å²) in [6.45, 7) is 4.47. The molecule has 0 spiro atoms. The molecule has 0 radical (unpaired) electrons. The molecule has 2 rings (SSSR count). The van der Waals surface area contributed by atoms with Crippen LogP contribution in [0.15, 0.2) is 24.3 Å². The smallest absolute Gasteiger partial charge is 0.163 e. The second-order valence-corrected chi connectivity index (χ2v) is 5.60. The van der Waals surface area contributed by atoms with Gasteiger partial charge in [0.1, 0.15) is 0 Å². The third kappa shape index (κ3) is 3.72. The van der Waals surface area contributed by atoms with E-state index < -0.39 is 5.79 Å². The fourth-order valence-corrected chi connectivity index (χ4v) is 2.23. The van der Waals surface area contributed by atoms with Gasteiger partial charge in [-0.1, -0.05) is 35.4 Å². The van der Waals surface area contributed by atoms with Gasteiger partial charge in [-0.2, -0.15) is 0 Å². The van der Waals surface area contributed by atoms with Gasteiger partial charge < -0.3 is 9.47 Å². The van der Waals surface area contributed by atoms with E-state index in [2.05, 4.69) is 0 Å². The molecule has 98 valence electrons. The zero-order chi connectivity index (χ0) is 13.2. The molecular weight excluding hydrogens is 271 g/mol. The van der Waals surface area contributed by atoms with Crippen molar-refractivity contribution in [3.63, 3.8) is 0 Å². The third-order valence-electron chi connectivity index (χ3n) is 2.72. The van der Waals surface area contributed by atoms with Gasteiger partial charge in [0.25, 0.3) is 0 Å². The number of benzene rings is 1. The van der Waals surface area contributed by atoms with Gasteiger partial charge in [0.05, 0.1) is 12.7 Å². The minimum Gasteiger partial charge on any atom is -0.348 e. The van der Waals surface area contributed by atoms with Crippen molar-refractivity contribution >= 4 is 29.3 Å². The van der Waals surface area contributed by atoms with Crippen molar-refractivity contribution in [2.24, 2.45) is 0 Å². The van der Waals surface area contributed by atoms with E-state index in [1.807, 2.05) is 32.1 Å². The molecular formula is C14H16Cl2O2. The number of halogens is 2. The van der Waals surface area contributed by atoms with Crippen molar-refractivity contribution in [1.29, 1.82) is 0 Å². The predicted octanol–water partition coefficient (Wildman–Crippen LogP) is 4.55. The van der Waals surface area contributed by atoms with Crippen molar-refractivity contribution in [2.45, 2.75) is 32.2 Å². The van der Waals surface area contributed by atoms with E-state index in [4.69, 9.17) is 32.7 Å². The molecule has 0 aromatic heterocycles. The molecule has 0 saturated carbocycles. The van der Waals surface area contributed by atoms with Gasteiger partial charge in [0.15, 0.2) is 5.79 Å². The Morgan fingerprint density at radius 1 is 1.39 bits per heavy atom. The van der Waals surface area contributed by atoms with E-state index in [-0.39, 0.29) is 6.10 Å². The Labute approximate surface area is 117 Å². The van der Waals surface area contributed by atoms with Crippen LogP contribution in [-0.4, -0.2) is 18.5 Å². The number of ether oxygens (including phenoxy) is 2. The van der Waals surface area contributed by atoms with Crippen molar-refractivity contribution in [1.82, 2.24) is 0 Å². The highest BCUT2D eigenvalue weighted by atomic mass is 35.5. The quantitative estimate of drug-likeness (QED) is 0.812. The predicted molar refractivity (Wildman–Crippen MR) is 75.0 cm³/mol. The van der Waals surface area contributed by atoms with Crippen LogP contribution in [0.2, 0.25) is 10.0 Å². The zero-order valence-corrected chi connectivity index (χ0v) is 12.0. The molecule has 0 aliphatic carbocycles. The molecule has 4 heteroatoms. The van der Waals surface area contributed by atoms with Crippen LogP contribution in [0.5, 0.6) is 0 Å². The summed E-state index contributed by atoms with van der Waals surface area (Å²) in [4.78, 5) is 0. The summed E-state index contributed by atoms with van der Waals surface area (Å²) in [5, 5.41) is 1.38. The van der Waals surface area contributed by atoms with Crippen molar-refractivity contribution in [3.8, 4) is 0 Å². The van der Waals surface area contributed by atoms with Gasteiger partial charge >= 0.3 is 0 Å². The van der Waals surface area contributed by atoms with E-state index in [0.717, 1.165) is 12.0 Å².